The Morgan fingerprint density at radius 1 is 0.950 bits per heavy atom. The molecule has 0 unspecified atom stereocenters. The van der Waals surface area contributed by atoms with Crippen LogP contribution in [0.1, 0.15) is 42.4 Å². The molecule has 5 rings (SSSR count). The molecule has 1 aromatic heterocycles. The first-order valence-corrected chi connectivity index (χ1v) is 14.3. The maximum Gasteiger partial charge on any atom is 0.322 e. The molecule has 40 heavy (non-hydrogen) atoms. The molecule has 0 atom stereocenters. The van der Waals surface area contributed by atoms with Gasteiger partial charge in [-0.1, -0.05) is 42.5 Å². The molecule has 0 bridgehead atoms. The maximum absolute atomic E-state index is 13.6. The number of likely N-dealkylation sites (N-methyl/N-ethyl adjacent to an activating group) is 1. The van der Waals surface area contributed by atoms with E-state index in [2.05, 4.69) is 62.8 Å². The fraction of sp³-hybridized carbons (Fsp3) is 0.406. The Hall–Kier alpha value is -3.93. The van der Waals surface area contributed by atoms with Crippen molar-refractivity contribution in [3.63, 3.8) is 0 Å². The minimum Gasteiger partial charge on any atom is -0.367 e. The smallest absolute Gasteiger partial charge is 0.322 e. The molecule has 8 heteroatoms. The zero-order chi connectivity index (χ0) is 27.7. The van der Waals surface area contributed by atoms with Gasteiger partial charge in [0.05, 0.1) is 5.56 Å². The van der Waals surface area contributed by atoms with Gasteiger partial charge < -0.3 is 15.5 Å². The number of rotatable bonds is 8. The summed E-state index contributed by atoms with van der Waals surface area (Å²) in [6.45, 7) is 5.81. The molecule has 0 spiro atoms. The number of aromatic nitrogens is 1. The number of hydrogen-bond donors (Lipinski definition) is 2. The van der Waals surface area contributed by atoms with Crippen LogP contribution in [0.15, 0.2) is 72.9 Å². The van der Waals surface area contributed by atoms with Crippen molar-refractivity contribution in [2.24, 2.45) is 0 Å². The first-order valence-electron chi connectivity index (χ1n) is 14.3. The number of piperazine rings is 1. The zero-order valence-electron chi connectivity index (χ0n) is 23.3. The molecule has 1 aliphatic carbocycles. The third kappa shape index (κ3) is 7.38. The molecule has 1 aliphatic heterocycles. The summed E-state index contributed by atoms with van der Waals surface area (Å²) in [5, 5.41) is 15.7. The van der Waals surface area contributed by atoms with E-state index < -0.39 is 0 Å². The molecule has 2 aromatic carbocycles. The van der Waals surface area contributed by atoms with Gasteiger partial charge in [0.25, 0.3) is 0 Å². The molecule has 2 N–H and O–H groups in total. The van der Waals surface area contributed by atoms with Crippen LogP contribution in [0, 0.1) is 11.3 Å². The van der Waals surface area contributed by atoms with E-state index in [1.54, 1.807) is 12.3 Å². The van der Waals surface area contributed by atoms with Crippen LogP contribution in [0.2, 0.25) is 0 Å². The summed E-state index contributed by atoms with van der Waals surface area (Å²) in [5.74, 6) is 0.788. The van der Waals surface area contributed by atoms with Gasteiger partial charge in [0.1, 0.15) is 11.9 Å². The summed E-state index contributed by atoms with van der Waals surface area (Å²) >= 11 is 0. The van der Waals surface area contributed by atoms with Crippen molar-refractivity contribution in [1.29, 1.82) is 5.26 Å². The van der Waals surface area contributed by atoms with Crippen molar-refractivity contribution in [3.8, 4) is 6.07 Å². The highest BCUT2D eigenvalue weighted by Crippen LogP contribution is 2.30. The second-order valence-electron chi connectivity index (χ2n) is 11.0. The van der Waals surface area contributed by atoms with Crippen LogP contribution in [-0.2, 0) is 13.1 Å². The van der Waals surface area contributed by atoms with Gasteiger partial charge in [-0.15, -0.1) is 0 Å². The van der Waals surface area contributed by atoms with Crippen molar-refractivity contribution >= 4 is 17.5 Å². The van der Waals surface area contributed by atoms with Gasteiger partial charge in [-0.2, -0.15) is 5.26 Å². The van der Waals surface area contributed by atoms with Crippen LogP contribution in [0.25, 0.3) is 0 Å². The van der Waals surface area contributed by atoms with Crippen LogP contribution in [0.3, 0.4) is 0 Å². The molecule has 0 radical (unpaired) electrons. The number of carbonyl (C=O) groups is 1. The summed E-state index contributed by atoms with van der Waals surface area (Å²) in [6, 6.07) is 24.7. The van der Waals surface area contributed by atoms with Gasteiger partial charge >= 0.3 is 6.03 Å². The third-order valence-electron chi connectivity index (χ3n) is 8.03. The number of anilines is 2. The van der Waals surface area contributed by atoms with E-state index in [0.717, 1.165) is 75.5 Å². The van der Waals surface area contributed by atoms with E-state index in [1.165, 1.54) is 5.56 Å². The van der Waals surface area contributed by atoms with Gasteiger partial charge in [0.2, 0.25) is 0 Å². The topological polar surface area (TPSA) is 87.5 Å². The van der Waals surface area contributed by atoms with Crippen molar-refractivity contribution in [3.05, 3.63) is 89.6 Å². The van der Waals surface area contributed by atoms with Crippen molar-refractivity contribution in [2.75, 3.05) is 43.4 Å². The summed E-state index contributed by atoms with van der Waals surface area (Å²) in [6.07, 6.45) is 5.28. The van der Waals surface area contributed by atoms with Crippen LogP contribution < -0.4 is 15.5 Å². The Morgan fingerprint density at radius 2 is 1.68 bits per heavy atom. The average molecular weight is 538 g/mol. The van der Waals surface area contributed by atoms with E-state index in [9.17, 15) is 4.79 Å². The normalized spacial score (nSPS) is 19.9. The van der Waals surface area contributed by atoms with E-state index in [1.807, 2.05) is 41.3 Å². The average Bonchev–Trinajstić information content (AvgIpc) is 3.00. The molecule has 8 nitrogen and oxygen atoms in total. The molecule has 208 valence electrons. The third-order valence-corrected chi connectivity index (χ3v) is 8.03. The second-order valence-corrected chi connectivity index (χ2v) is 11.0. The predicted molar refractivity (Wildman–Crippen MR) is 159 cm³/mol. The summed E-state index contributed by atoms with van der Waals surface area (Å²) < 4.78 is 0. The van der Waals surface area contributed by atoms with E-state index in [-0.39, 0.29) is 18.1 Å². The van der Waals surface area contributed by atoms with Crippen LogP contribution in [0.4, 0.5) is 16.3 Å². The van der Waals surface area contributed by atoms with Crippen LogP contribution in [-0.4, -0.2) is 66.1 Å². The fourth-order valence-electron chi connectivity index (χ4n) is 5.61. The number of carbonyl (C=O) groups excluding carboxylic acids is 1. The number of nitriles is 1. The Morgan fingerprint density at radius 3 is 2.33 bits per heavy atom. The van der Waals surface area contributed by atoms with Crippen LogP contribution in [0.5, 0.6) is 0 Å². The standard InChI is InChI=1S/C32H39N7O/c1-37-17-19-38(20-18-37)24-26-7-12-29(13-8-26)39(32(40)35-22-25-5-3-2-4-6-25)30-14-10-28(11-15-30)36-31-16-9-27(21-33)23-34-31/h2-9,12-13,16,23,28,30H,10-11,14-15,17-20,22,24H2,1H3,(H,34,36)(H,35,40)/t28-,30+. The summed E-state index contributed by atoms with van der Waals surface area (Å²) in [4.78, 5) is 24.8. The molecule has 2 amide bonds. The quantitative estimate of drug-likeness (QED) is 0.428. The second kappa shape index (κ2) is 13.4. The van der Waals surface area contributed by atoms with E-state index in [4.69, 9.17) is 5.26 Å². The van der Waals surface area contributed by atoms with E-state index >= 15 is 0 Å². The molecule has 2 aliphatic rings. The maximum atomic E-state index is 13.6. The highest BCUT2D eigenvalue weighted by atomic mass is 16.2. The number of hydrogen-bond acceptors (Lipinski definition) is 6. The predicted octanol–water partition coefficient (Wildman–Crippen LogP) is 4.84. The Kier molecular flexibility index (Phi) is 9.27. The lowest BCUT2D eigenvalue weighted by Crippen LogP contribution is -2.48. The van der Waals surface area contributed by atoms with Crippen molar-refractivity contribution < 1.29 is 4.79 Å². The number of benzene rings is 2. The molecule has 1 saturated heterocycles. The highest BCUT2D eigenvalue weighted by molar-refractivity contribution is 5.92. The molecular formula is C32H39N7O. The van der Waals surface area contributed by atoms with Gasteiger partial charge in [-0.05, 0) is 68.1 Å². The zero-order valence-corrected chi connectivity index (χ0v) is 23.3. The summed E-state index contributed by atoms with van der Waals surface area (Å²) in [5.41, 5.74) is 3.86. The largest absolute Gasteiger partial charge is 0.367 e. The molecule has 3 aromatic rings. The SMILES string of the molecule is CN1CCN(Cc2ccc(N(C(=O)NCc3ccccc3)[C@H]3CC[C@@H](Nc4ccc(C#N)cn4)CC3)cc2)CC1. The number of nitrogens with zero attached hydrogens (tertiary/aromatic N) is 5. The van der Waals surface area contributed by atoms with Crippen molar-refractivity contribution in [1.82, 2.24) is 20.1 Å². The number of pyridine rings is 1. The molecule has 2 fully saturated rings. The molecule has 1 saturated carbocycles. The lowest BCUT2D eigenvalue weighted by Gasteiger charge is -2.37. The van der Waals surface area contributed by atoms with Crippen molar-refractivity contribution in [2.45, 2.75) is 50.9 Å². The fourth-order valence-corrected chi connectivity index (χ4v) is 5.61. The lowest BCUT2D eigenvalue weighted by molar-refractivity contribution is 0.148. The first-order chi connectivity index (χ1) is 19.6. The highest BCUT2D eigenvalue weighted by Gasteiger charge is 2.30. The van der Waals surface area contributed by atoms with E-state index in [0.29, 0.717) is 12.1 Å². The monoisotopic (exact) mass is 537 g/mol. The number of nitrogens with one attached hydrogen (secondary N) is 2. The van der Waals surface area contributed by atoms with Gasteiger partial charge in [0.15, 0.2) is 0 Å². The minimum absolute atomic E-state index is 0.0548. The lowest BCUT2D eigenvalue weighted by atomic mass is 9.89. The molecular weight excluding hydrogens is 498 g/mol. The minimum atomic E-state index is -0.0548. The Labute approximate surface area is 237 Å². The van der Waals surface area contributed by atoms with Gasteiger partial charge in [-0.25, -0.2) is 9.78 Å². The van der Waals surface area contributed by atoms with Gasteiger partial charge in [-0.3, -0.25) is 9.80 Å². The van der Waals surface area contributed by atoms with Crippen LogP contribution >= 0.6 is 0 Å². The summed E-state index contributed by atoms with van der Waals surface area (Å²) in [7, 11) is 2.18. The molecule has 2 heterocycles. The number of urea groups is 1. The van der Waals surface area contributed by atoms with Gasteiger partial charge in [0, 0.05) is 63.2 Å². The Balaban J connectivity index is 1.24. The number of amides is 2. The first kappa shape index (κ1) is 27.6. The Bertz CT molecular complexity index is 1260.